The minimum atomic E-state index is -3.40. The summed E-state index contributed by atoms with van der Waals surface area (Å²) in [5.41, 5.74) is 6.02. The van der Waals surface area contributed by atoms with Gasteiger partial charge in [-0.05, 0) is 24.3 Å². The maximum atomic E-state index is 12.3. The van der Waals surface area contributed by atoms with Crippen LogP contribution in [0.25, 0.3) is 0 Å². The normalized spacial score (nSPS) is 17.0. The Balaban J connectivity index is 0.00000264. The number of rotatable bonds is 5. The molecule has 0 spiro atoms. The van der Waals surface area contributed by atoms with Gasteiger partial charge in [0.1, 0.15) is 4.21 Å². The molecule has 6 nitrogen and oxygen atoms in total. The van der Waals surface area contributed by atoms with Crippen molar-refractivity contribution >= 4 is 51.3 Å². The summed E-state index contributed by atoms with van der Waals surface area (Å²) in [7, 11) is -1.82. The highest BCUT2D eigenvalue weighted by Gasteiger charge is 2.21. The molecule has 1 fully saturated rings. The Morgan fingerprint density at radius 1 is 1.35 bits per heavy atom. The van der Waals surface area contributed by atoms with Crippen molar-refractivity contribution < 1.29 is 8.42 Å². The summed E-state index contributed by atoms with van der Waals surface area (Å²) >= 11 is 1.22. The summed E-state index contributed by atoms with van der Waals surface area (Å²) in [5.74, 6) is 0.531. The van der Waals surface area contributed by atoms with Crippen LogP contribution in [0.5, 0.6) is 0 Å². The van der Waals surface area contributed by atoms with Gasteiger partial charge in [0, 0.05) is 26.7 Å². The van der Waals surface area contributed by atoms with Gasteiger partial charge in [-0.25, -0.2) is 8.42 Å². The molecule has 2 rings (SSSR count). The lowest BCUT2D eigenvalue weighted by Gasteiger charge is -2.21. The second kappa shape index (κ2) is 9.80. The van der Waals surface area contributed by atoms with Crippen LogP contribution in [-0.4, -0.2) is 56.8 Å². The average molecular weight is 472 g/mol. The van der Waals surface area contributed by atoms with E-state index in [2.05, 4.69) is 9.89 Å². The molecule has 0 atom stereocenters. The van der Waals surface area contributed by atoms with Crippen LogP contribution >= 0.6 is 35.3 Å². The zero-order valence-electron chi connectivity index (χ0n) is 13.3. The van der Waals surface area contributed by atoms with Crippen LogP contribution in [0.1, 0.15) is 25.7 Å². The van der Waals surface area contributed by atoms with Crippen molar-refractivity contribution in [2.24, 2.45) is 10.7 Å². The van der Waals surface area contributed by atoms with Crippen molar-refractivity contribution in [2.75, 3.05) is 33.2 Å². The molecule has 0 aromatic carbocycles. The highest BCUT2D eigenvalue weighted by Crippen LogP contribution is 2.19. The van der Waals surface area contributed by atoms with Crippen molar-refractivity contribution in [1.82, 2.24) is 9.21 Å². The third-order valence-electron chi connectivity index (χ3n) is 3.78. The summed E-state index contributed by atoms with van der Waals surface area (Å²) in [6, 6.07) is 3.35. The molecule has 9 heteroatoms. The topological polar surface area (TPSA) is 79.0 Å². The van der Waals surface area contributed by atoms with E-state index in [0.717, 1.165) is 25.9 Å². The van der Waals surface area contributed by atoms with E-state index in [4.69, 9.17) is 5.73 Å². The predicted octanol–water partition coefficient (Wildman–Crippen LogP) is 2.18. The van der Waals surface area contributed by atoms with Gasteiger partial charge in [-0.3, -0.25) is 4.99 Å². The number of hydrogen-bond donors (Lipinski definition) is 1. The van der Waals surface area contributed by atoms with Crippen LogP contribution < -0.4 is 5.73 Å². The average Bonchev–Trinajstić information content (AvgIpc) is 2.90. The van der Waals surface area contributed by atoms with Gasteiger partial charge in [0.15, 0.2) is 5.96 Å². The fourth-order valence-electron chi connectivity index (χ4n) is 2.39. The van der Waals surface area contributed by atoms with Gasteiger partial charge in [-0.15, -0.1) is 35.3 Å². The van der Waals surface area contributed by atoms with Gasteiger partial charge in [-0.1, -0.05) is 18.9 Å². The summed E-state index contributed by atoms with van der Waals surface area (Å²) in [6.45, 7) is 2.59. The fourth-order valence-corrected chi connectivity index (χ4v) is 4.75. The Hall–Kier alpha value is -0.390. The highest BCUT2D eigenvalue weighted by atomic mass is 127. The number of thiophene rings is 1. The van der Waals surface area contributed by atoms with E-state index < -0.39 is 10.0 Å². The molecule has 0 radical (unpaired) electrons. The Morgan fingerprint density at radius 2 is 2.00 bits per heavy atom. The van der Waals surface area contributed by atoms with Crippen LogP contribution in [0, 0.1) is 0 Å². The minimum absolute atomic E-state index is 0. The lowest BCUT2D eigenvalue weighted by Crippen LogP contribution is -2.38. The smallest absolute Gasteiger partial charge is 0.252 e. The second-order valence-electron chi connectivity index (χ2n) is 5.40. The third kappa shape index (κ3) is 5.87. The van der Waals surface area contributed by atoms with Crippen LogP contribution in [-0.2, 0) is 10.0 Å². The molecule has 1 aromatic heterocycles. The summed E-state index contributed by atoms with van der Waals surface area (Å²) in [6.07, 6.45) is 4.77. The number of guanidine groups is 1. The van der Waals surface area contributed by atoms with Crippen molar-refractivity contribution in [3.05, 3.63) is 17.5 Å². The molecule has 2 N–H and O–H groups in total. The molecule has 0 aliphatic carbocycles. The lowest BCUT2D eigenvalue weighted by atomic mass is 10.2. The number of nitrogens with two attached hydrogens (primary N) is 1. The molecule has 0 unspecified atom stereocenters. The first kappa shape index (κ1) is 20.7. The third-order valence-corrected chi connectivity index (χ3v) is 7.01. The quantitative estimate of drug-likeness (QED) is 0.405. The van der Waals surface area contributed by atoms with E-state index >= 15 is 0 Å². The number of likely N-dealkylation sites (N-methyl/N-ethyl adjacent to an activating group) is 1. The molecule has 23 heavy (non-hydrogen) atoms. The lowest BCUT2D eigenvalue weighted by molar-refractivity contribution is 0.426. The number of hydrogen-bond acceptors (Lipinski definition) is 4. The van der Waals surface area contributed by atoms with Crippen LogP contribution in [0.3, 0.4) is 0 Å². The number of aliphatic imine (C=N–C) groups is 1. The predicted molar refractivity (Wildman–Crippen MR) is 106 cm³/mol. The van der Waals surface area contributed by atoms with E-state index in [0.29, 0.717) is 23.3 Å². The van der Waals surface area contributed by atoms with E-state index in [1.54, 1.807) is 24.6 Å². The van der Waals surface area contributed by atoms with Crippen molar-refractivity contribution in [3.63, 3.8) is 0 Å². The molecule has 0 amide bonds. The highest BCUT2D eigenvalue weighted by molar-refractivity contribution is 14.0. The van der Waals surface area contributed by atoms with Gasteiger partial charge in [0.25, 0.3) is 10.0 Å². The Kier molecular flexibility index (Phi) is 8.80. The fraction of sp³-hybridized carbons (Fsp3) is 0.643. The number of nitrogens with zero attached hydrogens (tertiary/aromatic N) is 3. The van der Waals surface area contributed by atoms with Gasteiger partial charge in [0.05, 0.1) is 6.54 Å². The minimum Gasteiger partial charge on any atom is -0.370 e. The summed E-state index contributed by atoms with van der Waals surface area (Å²) < 4.78 is 26.2. The zero-order valence-corrected chi connectivity index (χ0v) is 17.3. The van der Waals surface area contributed by atoms with Gasteiger partial charge in [-0.2, -0.15) is 4.31 Å². The number of likely N-dealkylation sites (tertiary alicyclic amines) is 1. The van der Waals surface area contributed by atoms with Gasteiger partial charge in [0.2, 0.25) is 0 Å². The first-order valence-corrected chi connectivity index (χ1v) is 9.88. The van der Waals surface area contributed by atoms with Gasteiger partial charge < -0.3 is 10.6 Å². The molecule has 1 aromatic rings. The molecular weight excluding hydrogens is 447 g/mol. The van der Waals surface area contributed by atoms with E-state index in [1.165, 1.54) is 28.5 Å². The largest absolute Gasteiger partial charge is 0.370 e. The van der Waals surface area contributed by atoms with Crippen molar-refractivity contribution in [1.29, 1.82) is 0 Å². The molecule has 1 aliphatic rings. The molecular formula is C14H25IN4O2S2. The molecule has 2 heterocycles. The monoisotopic (exact) mass is 472 g/mol. The molecule has 1 aliphatic heterocycles. The molecule has 0 bridgehead atoms. The van der Waals surface area contributed by atoms with Crippen LogP contribution in [0.15, 0.2) is 26.7 Å². The van der Waals surface area contributed by atoms with Crippen molar-refractivity contribution in [3.8, 4) is 0 Å². The SMILES string of the molecule is CN(CCN=C(N)N1CCCCCC1)S(=O)(=O)c1cccs1.I. The molecule has 1 saturated heterocycles. The maximum absolute atomic E-state index is 12.3. The second-order valence-corrected chi connectivity index (χ2v) is 8.62. The van der Waals surface area contributed by atoms with Crippen LogP contribution in [0.2, 0.25) is 0 Å². The number of sulfonamides is 1. The molecule has 132 valence electrons. The summed E-state index contributed by atoms with van der Waals surface area (Å²) in [4.78, 5) is 6.44. The Labute approximate surface area is 159 Å². The van der Waals surface area contributed by atoms with E-state index in [-0.39, 0.29) is 24.0 Å². The van der Waals surface area contributed by atoms with E-state index in [1.807, 2.05) is 0 Å². The maximum Gasteiger partial charge on any atom is 0.252 e. The standard InChI is InChI=1S/C14H24N4O2S2.HI/c1-17(22(19,20)13-7-6-12-21-13)11-8-16-14(15)18-9-4-2-3-5-10-18;/h6-7,12H,2-5,8-11H2,1H3,(H2,15,16);1H. The Bertz CT molecular complexity index is 582. The number of halogens is 1. The van der Waals surface area contributed by atoms with Crippen LogP contribution in [0.4, 0.5) is 0 Å². The van der Waals surface area contributed by atoms with E-state index in [9.17, 15) is 8.42 Å². The first-order chi connectivity index (χ1) is 10.5. The summed E-state index contributed by atoms with van der Waals surface area (Å²) in [5, 5.41) is 1.76. The van der Waals surface area contributed by atoms with Gasteiger partial charge >= 0.3 is 0 Å². The van der Waals surface area contributed by atoms with Crippen molar-refractivity contribution in [2.45, 2.75) is 29.9 Å². The zero-order chi connectivity index (χ0) is 16.0. The molecule has 0 saturated carbocycles. The first-order valence-electron chi connectivity index (χ1n) is 7.56. The Morgan fingerprint density at radius 3 is 2.57 bits per heavy atom.